The standard InChI is InChI=1S/C48H75N17O19/c49-12-2-1-4-26(50)38(74)62-32(18-66)46(82)65-35(21-69)44(80)60-30(15-24-17-54-22-56-24)41(77)57-27(5-3-13-55-48(52)53)39(75)63-33(19-67)43(79)59-29(14-23-6-8-25(70)9-7-23)40(76)64-34(20-68)45(81)61-31(16-37(72)73)42(78)58-28(47(83)84)10-11-36(51)71/h6-9,17,22,26-35,66-70H,1-5,10-16,18-21,49-50H2,(H2,51,71)(H,54,56)(H,57,77)(H,58,78)(H,59,79)(H,60,80)(H,61,81)(H,62,74)(H,63,75)(H,64,76)(H,65,82)(H,72,73)(H,83,84)(H4,52,53,55)/t26-,27-,28-,29-,30-,31-,32-,33-,34-,35-/m0/s1. The number of carboxylic acids is 2. The predicted octanol–water partition coefficient (Wildman–Crippen LogP) is -10.4. The molecule has 466 valence electrons. The van der Waals surface area contributed by atoms with Crippen molar-refractivity contribution in [2.24, 2.45) is 33.7 Å². The van der Waals surface area contributed by atoms with E-state index in [0.717, 1.165) is 0 Å². The molecule has 0 aliphatic rings. The van der Waals surface area contributed by atoms with Crippen molar-refractivity contribution in [2.75, 3.05) is 39.5 Å². The second-order valence-corrected chi connectivity index (χ2v) is 18.7. The third-order valence-corrected chi connectivity index (χ3v) is 12.1. The maximum absolute atomic E-state index is 14.2. The number of aromatic amines is 1. The average molecular weight is 1190 g/mol. The summed E-state index contributed by atoms with van der Waals surface area (Å²) < 4.78 is 0. The first-order chi connectivity index (χ1) is 39.8. The molecular weight excluding hydrogens is 1120 g/mol. The van der Waals surface area contributed by atoms with E-state index < -0.39 is 184 Å². The van der Waals surface area contributed by atoms with Gasteiger partial charge in [-0.1, -0.05) is 18.6 Å². The van der Waals surface area contributed by atoms with Gasteiger partial charge >= 0.3 is 11.9 Å². The Morgan fingerprint density at radius 2 is 0.952 bits per heavy atom. The normalized spacial score (nSPS) is 14.5. The van der Waals surface area contributed by atoms with Crippen LogP contribution in [0.5, 0.6) is 5.75 Å². The topological polar surface area (TPSA) is 626 Å². The minimum Gasteiger partial charge on any atom is -0.508 e. The summed E-state index contributed by atoms with van der Waals surface area (Å²) in [6.45, 7) is -4.23. The lowest BCUT2D eigenvalue weighted by atomic mass is 10.0. The molecule has 0 aliphatic carbocycles. The number of hydrogen-bond acceptors (Lipinski definition) is 21. The van der Waals surface area contributed by atoms with Gasteiger partial charge < -0.3 is 117 Å². The van der Waals surface area contributed by atoms with Crippen LogP contribution >= 0.6 is 0 Å². The molecule has 10 atom stereocenters. The first-order valence-corrected chi connectivity index (χ1v) is 25.9. The second kappa shape index (κ2) is 37.1. The number of rotatable bonds is 40. The van der Waals surface area contributed by atoms with Crippen LogP contribution < -0.4 is 76.5 Å². The molecule has 84 heavy (non-hydrogen) atoms. The van der Waals surface area contributed by atoms with Crippen LogP contribution in [0.15, 0.2) is 41.8 Å². The largest absolute Gasteiger partial charge is 0.508 e. The zero-order valence-electron chi connectivity index (χ0n) is 45.4. The number of aliphatic hydroxyl groups is 4. The number of carbonyl (C=O) groups is 12. The average Bonchev–Trinajstić information content (AvgIpc) is 4.11. The number of nitrogens with one attached hydrogen (secondary N) is 10. The highest BCUT2D eigenvalue weighted by molar-refractivity contribution is 5.99. The van der Waals surface area contributed by atoms with Crippen LogP contribution in [-0.2, 0) is 70.4 Å². The molecule has 10 amide bonds. The lowest BCUT2D eigenvalue weighted by Gasteiger charge is -2.27. The first-order valence-electron chi connectivity index (χ1n) is 25.9. The Morgan fingerprint density at radius 1 is 0.524 bits per heavy atom. The van der Waals surface area contributed by atoms with Crippen molar-refractivity contribution >= 4 is 77.0 Å². The number of primary amides is 1. The Balaban J connectivity index is 2.43. The van der Waals surface area contributed by atoms with Gasteiger partial charge in [0.1, 0.15) is 60.1 Å². The van der Waals surface area contributed by atoms with Crippen LogP contribution in [0.3, 0.4) is 0 Å². The van der Waals surface area contributed by atoms with Crippen LogP contribution in [-0.4, -0.2) is 223 Å². The van der Waals surface area contributed by atoms with E-state index in [9.17, 15) is 93.3 Å². The first kappa shape index (κ1) is 71.0. The number of carboxylic acid groups (broad SMARTS) is 2. The molecule has 2 aromatic rings. The molecule has 0 aliphatic heterocycles. The van der Waals surface area contributed by atoms with E-state index in [-0.39, 0.29) is 55.2 Å². The number of aliphatic imine (C=N–C) groups is 1. The summed E-state index contributed by atoms with van der Waals surface area (Å²) in [7, 11) is 0. The Kier molecular flexibility index (Phi) is 31.4. The maximum Gasteiger partial charge on any atom is 0.326 e. The smallest absolute Gasteiger partial charge is 0.326 e. The van der Waals surface area contributed by atoms with Crippen LogP contribution in [0, 0.1) is 0 Å². The van der Waals surface area contributed by atoms with E-state index in [1.807, 2.05) is 10.6 Å². The van der Waals surface area contributed by atoms with E-state index in [2.05, 4.69) is 52.2 Å². The van der Waals surface area contributed by atoms with Gasteiger partial charge in [0.05, 0.1) is 45.2 Å². The van der Waals surface area contributed by atoms with Gasteiger partial charge in [-0.25, -0.2) is 9.78 Å². The zero-order chi connectivity index (χ0) is 63.1. The molecule has 36 nitrogen and oxygen atoms in total. The Labute approximate surface area is 478 Å². The van der Waals surface area contributed by atoms with Gasteiger partial charge in [-0.2, -0.15) is 0 Å². The van der Waals surface area contributed by atoms with Gasteiger partial charge in [0, 0.05) is 37.7 Å². The number of phenols is 1. The number of aliphatic hydroxyl groups excluding tert-OH is 4. The molecule has 0 unspecified atom stereocenters. The van der Waals surface area contributed by atoms with Gasteiger partial charge in [0.15, 0.2) is 5.96 Å². The summed E-state index contributed by atoms with van der Waals surface area (Å²) in [6.07, 6.45) is 0.391. The molecule has 1 heterocycles. The lowest BCUT2D eigenvalue weighted by molar-refractivity contribution is -0.144. The number of aromatic hydroxyl groups is 1. The summed E-state index contributed by atoms with van der Waals surface area (Å²) in [4.78, 5) is 167. The van der Waals surface area contributed by atoms with Crippen molar-refractivity contribution in [3.8, 4) is 5.75 Å². The molecule has 1 aromatic heterocycles. The quantitative estimate of drug-likeness (QED) is 0.0167. The third-order valence-electron chi connectivity index (χ3n) is 12.1. The van der Waals surface area contributed by atoms with E-state index in [1.54, 1.807) is 0 Å². The number of hydrogen-bond donors (Lipinski definition) is 22. The molecular formula is C48H75N17O19. The second-order valence-electron chi connectivity index (χ2n) is 18.7. The highest BCUT2D eigenvalue weighted by Gasteiger charge is 2.36. The van der Waals surface area contributed by atoms with Crippen molar-refractivity contribution in [3.63, 3.8) is 0 Å². The number of nitrogens with two attached hydrogens (primary N) is 5. The Hall–Kier alpha value is -9.10. The van der Waals surface area contributed by atoms with Gasteiger partial charge in [-0.05, 0) is 56.3 Å². The Bertz CT molecular complexity index is 2570. The van der Waals surface area contributed by atoms with Crippen molar-refractivity contribution in [1.82, 2.24) is 57.8 Å². The van der Waals surface area contributed by atoms with Crippen molar-refractivity contribution < 1.29 is 93.3 Å². The molecule has 0 bridgehead atoms. The highest BCUT2D eigenvalue weighted by atomic mass is 16.4. The molecule has 36 heteroatoms. The molecule has 0 saturated carbocycles. The number of nitrogens with zero attached hydrogens (tertiary/aromatic N) is 2. The Morgan fingerprint density at radius 3 is 1.39 bits per heavy atom. The van der Waals surface area contributed by atoms with E-state index >= 15 is 0 Å². The van der Waals surface area contributed by atoms with Crippen LogP contribution in [0.1, 0.15) is 62.6 Å². The molecule has 2 rings (SSSR count). The summed E-state index contributed by atoms with van der Waals surface area (Å²) in [5, 5.41) is 89.5. The number of unbranched alkanes of at least 4 members (excludes halogenated alkanes) is 1. The monoisotopic (exact) mass is 1190 g/mol. The minimum atomic E-state index is -2.03. The number of guanidine groups is 1. The maximum atomic E-state index is 14.2. The molecule has 0 fully saturated rings. The number of aliphatic carboxylic acids is 2. The number of benzene rings is 1. The van der Waals surface area contributed by atoms with Crippen molar-refractivity contribution in [1.29, 1.82) is 0 Å². The fourth-order valence-corrected chi connectivity index (χ4v) is 7.48. The SMILES string of the molecule is NCCCC[C@H](N)C(=O)N[C@@H](CO)C(=O)N[C@@H](CO)C(=O)N[C@@H](Cc1cnc[nH]1)C(=O)N[C@@H](CCCN=C(N)N)C(=O)N[C@@H](CO)C(=O)N[C@@H](Cc1ccc(O)cc1)C(=O)N[C@@H](CO)C(=O)N[C@@H](CC(=O)O)C(=O)N[C@@H](CCC(N)=O)C(=O)O. The number of H-pyrrole nitrogens is 1. The highest BCUT2D eigenvalue weighted by Crippen LogP contribution is 2.13. The third kappa shape index (κ3) is 25.8. The van der Waals surface area contributed by atoms with Gasteiger partial charge in [-0.3, -0.25) is 57.7 Å². The van der Waals surface area contributed by atoms with Gasteiger partial charge in [-0.15, -0.1) is 0 Å². The van der Waals surface area contributed by atoms with E-state index in [4.69, 9.17) is 28.7 Å². The summed E-state index contributed by atoms with van der Waals surface area (Å²) >= 11 is 0. The summed E-state index contributed by atoms with van der Waals surface area (Å²) in [6, 6.07) is -12.4. The van der Waals surface area contributed by atoms with Crippen LogP contribution in [0.25, 0.3) is 0 Å². The lowest BCUT2D eigenvalue weighted by Crippen LogP contribution is -2.62. The van der Waals surface area contributed by atoms with E-state index in [1.165, 1.54) is 36.8 Å². The van der Waals surface area contributed by atoms with Crippen LogP contribution in [0.4, 0.5) is 0 Å². The van der Waals surface area contributed by atoms with Gasteiger partial charge in [0.25, 0.3) is 0 Å². The summed E-state index contributed by atoms with van der Waals surface area (Å²) in [5.41, 5.74) is 27.8. The molecule has 0 spiro atoms. The van der Waals surface area contributed by atoms with E-state index in [0.29, 0.717) is 19.4 Å². The minimum absolute atomic E-state index is 0.0420. The number of imidazole rings is 1. The van der Waals surface area contributed by atoms with Gasteiger partial charge in [0.2, 0.25) is 59.1 Å². The zero-order valence-corrected chi connectivity index (χ0v) is 45.4. The number of phenolic OH excluding ortho intramolecular Hbond substituents is 1. The fraction of sp³-hybridized carbons (Fsp3) is 0.542. The number of aromatic nitrogens is 2. The molecule has 1 aromatic carbocycles. The van der Waals surface area contributed by atoms with Crippen molar-refractivity contribution in [3.05, 3.63) is 48.0 Å². The molecule has 0 saturated heterocycles. The summed E-state index contributed by atoms with van der Waals surface area (Å²) in [5.74, 6) is -15.5. The molecule has 27 N–H and O–H groups in total. The predicted molar refractivity (Wildman–Crippen MR) is 289 cm³/mol. The number of carbonyl (C=O) groups excluding carboxylic acids is 10. The number of amides is 10. The molecule has 0 radical (unpaired) electrons. The van der Waals surface area contributed by atoms with Crippen LogP contribution in [0.2, 0.25) is 0 Å². The van der Waals surface area contributed by atoms with Crippen molar-refractivity contribution in [2.45, 2.75) is 125 Å². The fourth-order valence-electron chi connectivity index (χ4n) is 7.48.